The molecule has 0 radical (unpaired) electrons. The van der Waals surface area contributed by atoms with Crippen molar-refractivity contribution in [2.75, 3.05) is 13.2 Å². The van der Waals surface area contributed by atoms with Gasteiger partial charge in [-0.1, -0.05) is 261 Å². The highest BCUT2D eigenvalue weighted by Gasteiger charge is 2.19. The Hall–Kier alpha value is -2.89. The van der Waals surface area contributed by atoms with Crippen LogP contribution in [0, 0.1) is 0 Å². The number of hydrogen-bond acceptors (Lipinski definition) is 6. The fourth-order valence-electron chi connectivity index (χ4n) is 8.55. The zero-order valence-corrected chi connectivity index (χ0v) is 45.8. The van der Waals surface area contributed by atoms with Gasteiger partial charge in [-0.2, -0.15) is 0 Å². The highest BCUT2D eigenvalue weighted by Crippen LogP contribution is 2.16. The number of allylic oxidation sites excluding steroid dienone is 10. The Morgan fingerprint density at radius 3 is 0.899 bits per heavy atom. The van der Waals surface area contributed by atoms with Crippen molar-refractivity contribution in [2.24, 2.45) is 0 Å². The fourth-order valence-corrected chi connectivity index (χ4v) is 8.55. The second kappa shape index (κ2) is 57.7. The van der Waals surface area contributed by atoms with E-state index in [9.17, 15) is 14.4 Å². The molecule has 0 unspecified atom stereocenters. The van der Waals surface area contributed by atoms with Gasteiger partial charge in [-0.05, 0) is 83.5 Å². The smallest absolute Gasteiger partial charge is 0.306 e. The normalized spacial score (nSPS) is 12.4. The first-order valence-electron chi connectivity index (χ1n) is 29.8. The maximum Gasteiger partial charge on any atom is 0.306 e. The van der Waals surface area contributed by atoms with Crippen molar-refractivity contribution < 1.29 is 28.6 Å². The third kappa shape index (κ3) is 55.9. The van der Waals surface area contributed by atoms with Gasteiger partial charge in [0.15, 0.2) is 6.10 Å². The van der Waals surface area contributed by atoms with Crippen LogP contribution in [0.1, 0.15) is 303 Å². The molecule has 0 spiro atoms. The van der Waals surface area contributed by atoms with Crippen LogP contribution in [0.5, 0.6) is 0 Å². The van der Waals surface area contributed by atoms with Crippen LogP contribution in [-0.4, -0.2) is 37.2 Å². The third-order valence-electron chi connectivity index (χ3n) is 13.0. The Labute approximate surface area is 428 Å². The molecule has 0 rings (SSSR count). The lowest BCUT2D eigenvalue weighted by Crippen LogP contribution is -2.30. The number of rotatable bonds is 54. The summed E-state index contributed by atoms with van der Waals surface area (Å²) < 4.78 is 16.9. The van der Waals surface area contributed by atoms with E-state index >= 15 is 0 Å². The topological polar surface area (TPSA) is 78.9 Å². The Morgan fingerprint density at radius 2 is 0.565 bits per heavy atom. The van der Waals surface area contributed by atoms with E-state index in [-0.39, 0.29) is 31.1 Å². The highest BCUT2D eigenvalue weighted by molar-refractivity contribution is 5.71. The lowest BCUT2D eigenvalue weighted by molar-refractivity contribution is -0.167. The first-order chi connectivity index (χ1) is 34.0. The van der Waals surface area contributed by atoms with Gasteiger partial charge in [0.1, 0.15) is 13.2 Å². The summed E-state index contributed by atoms with van der Waals surface area (Å²) in [5.74, 6) is -0.892. The molecule has 400 valence electrons. The van der Waals surface area contributed by atoms with Crippen molar-refractivity contribution in [1.29, 1.82) is 0 Å². The van der Waals surface area contributed by atoms with Gasteiger partial charge in [-0.3, -0.25) is 14.4 Å². The van der Waals surface area contributed by atoms with Crippen LogP contribution >= 0.6 is 0 Å². The third-order valence-corrected chi connectivity index (χ3v) is 13.0. The lowest BCUT2D eigenvalue weighted by atomic mass is 10.0. The predicted octanol–water partition coefficient (Wildman–Crippen LogP) is 20.0. The average Bonchev–Trinajstić information content (AvgIpc) is 3.35. The van der Waals surface area contributed by atoms with Crippen molar-refractivity contribution >= 4 is 17.9 Å². The molecule has 6 nitrogen and oxygen atoms in total. The summed E-state index contributed by atoms with van der Waals surface area (Å²) in [7, 11) is 0. The van der Waals surface area contributed by atoms with Crippen molar-refractivity contribution in [3.05, 3.63) is 60.8 Å². The van der Waals surface area contributed by atoms with E-state index in [4.69, 9.17) is 14.2 Å². The number of unbranched alkanes of at least 4 members (excludes halogenated alkanes) is 33. The summed E-state index contributed by atoms with van der Waals surface area (Å²) in [6, 6.07) is 0. The van der Waals surface area contributed by atoms with Gasteiger partial charge >= 0.3 is 17.9 Å². The quantitative estimate of drug-likeness (QED) is 0.0262. The molecule has 0 aromatic rings. The van der Waals surface area contributed by atoms with Crippen LogP contribution in [0.2, 0.25) is 0 Å². The summed E-state index contributed by atoms with van der Waals surface area (Å²) in [6.07, 6.45) is 72.1. The minimum Gasteiger partial charge on any atom is -0.462 e. The molecular formula is C63H112O6. The van der Waals surface area contributed by atoms with Crippen LogP contribution in [-0.2, 0) is 28.6 Å². The molecule has 0 aliphatic carbocycles. The fraction of sp³-hybridized carbons (Fsp3) is 0.794. The van der Waals surface area contributed by atoms with Crippen LogP contribution in [0.25, 0.3) is 0 Å². The van der Waals surface area contributed by atoms with Crippen molar-refractivity contribution in [3.63, 3.8) is 0 Å². The van der Waals surface area contributed by atoms with Gasteiger partial charge in [-0.25, -0.2) is 0 Å². The molecule has 0 aromatic heterocycles. The minimum atomic E-state index is -0.785. The molecule has 0 amide bonds. The van der Waals surface area contributed by atoms with E-state index < -0.39 is 6.10 Å². The molecule has 6 heteroatoms. The number of carbonyl (C=O) groups is 3. The molecule has 0 saturated carbocycles. The molecule has 0 bridgehead atoms. The molecule has 1 atom stereocenters. The Kier molecular flexibility index (Phi) is 55.3. The Balaban J connectivity index is 4.35. The zero-order valence-electron chi connectivity index (χ0n) is 45.8. The standard InChI is InChI=1S/C63H112O6/c1-4-7-10-13-16-19-22-25-27-29-30-31-32-34-35-38-41-44-47-50-53-56-62(65)68-59-60(58-67-61(64)55-52-49-46-43-40-37-24-21-18-15-12-9-6-3)69-63(66)57-54-51-48-45-42-39-36-33-28-26-23-20-17-14-11-8-5-2/h8,11,17,20,25-28,36,39,60H,4-7,9-10,12-16,18-19,21-24,29-35,37-38,40-59H2,1-3H3/b11-8-,20-17-,27-25-,28-26-,39-36-/t60-/m0/s1. The lowest BCUT2D eigenvalue weighted by Gasteiger charge is -2.18. The molecule has 0 aromatic carbocycles. The monoisotopic (exact) mass is 965 g/mol. The summed E-state index contributed by atoms with van der Waals surface area (Å²) >= 11 is 0. The summed E-state index contributed by atoms with van der Waals surface area (Å²) in [5, 5.41) is 0. The van der Waals surface area contributed by atoms with Crippen LogP contribution < -0.4 is 0 Å². The highest BCUT2D eigenvalue weighted by atomic mass is 16.6. The second-order valence-corrected chi connectivity index (χ2v) is 19.9. The number of ether oxygens (including phenoxy) is 3. The van der Waals surface area contributed by atoms with E-state index in [2.05, 4.69) is 81.5 Å². The molecule has 69 heavy (non-hydrogen) atoms. The molecule has 0 aliphatic rings. The first-order valence-corrected chi connectivity index (χ1v) is 29.8. The van der Waals surface area contributed by atoms with Crippen LogP contribution in [0.4, 0.5) is 0 Å². The van der Waals surface area contributed by atoms with Gasteiger partial charge in [0.25, 0.3) is 0 Å². The predicted molar refractivity (Wildman–Crippen MR) is 298 cm³/mol. The second-order valence-electron chi connectivity index (χ2n) is 19.9. The van der Waals surface area contributed by atoms with Gasteiger partial charge in [0.05, 0.1) is 0 Å². The molecular weight excluding hydrogens is 853 g/mol. The summed E-state index contributed by atoms with van der Waals surface area (Å²) in [4.78, 5) is 38.2. The van der Waals surface area contributed by atoms with Crippen LogP contribution in [0.15, 0.2) is 60.8 Å². The Morgan fingerprint density at radius 1 is 0.304 bits per heavy atom. The van der Waals surface area contributed by atoms with Gasteiger partial charge in [-0.15, -0.1) is 0 Å². The van der Waals surface area contributed by atoms with E-state index in [1.807, 2.05) is 0 Å². The minimum absolute atomic E-state index is 0.0815. The van der Waals surface area contributed by atoms with Crippen LogP contribution in [0.3, 0.4) is 0 Å². The van der Waals surface area contributed by atoms with Crippen molar-refractivity contribution in [1.82, 2.24) is 0 Å². The molecule has 0 heterocycles. The van der Waals surface area contributed by atoms with E-state index in [0.717, 1.165) is 96.3 Å². The van der Waals surface area contributed by atoms with E-state index in [1.165, 1.54) is 167 Å². The average molecular weight is 966 g/mol. The van der Waals surface area contributed by atoms with Gasteiger partial charge in [0, 0.05) is 19.3 Å². The maximum atomic E-state index is 12.9. The SMILES string of the molecule is CC/C=C\C/C=C\C/C=C\C/C=C\CCCCCCC(=O)O[C@H](COC(=O)CCCCCCCCCCCCC/C=C\CCCCCCCC)COC(=O)CCCCCCCCCCCCCCC. The molecule has 0 fully saturated rings. The zero-order chi connectivity index (χ0) is 50.0. The number of esters is 3. The molecule has 0 saturated heterocycles. The summed E-state index contributed by atoms with van der Waals surface area (Å²) in [6.45, 7) is 6.53. The largest absolute Gasteiger partial charge is 0.462 e. The maximum absolute atomic E-state index is 12.9. The van der Waals surface area contributed by atoms with Crippen molar-refractivity contribution in [3.8, 4) is 0 Å². The van der Waals surface area contributed by atoms with Gasteiger partial charge < -0.3 is 14.2 Å². The number of hydrogen-bond donors (Lipinski definition) is 0. The molecule has 0 aliphatic heterocycles. The van der Waals surface area contributed by atoms with E-state index in [0.29, 0.717) is 19.3 Å². The number of carbonyl (C=O) groups excluding carboxylic acids is 3. The van der Waals surface area contributed by atoms with Crippen molar-refractivity contribution in [2.45, 2.75) is 309 Å². The Bertz CT molecular complexity index is 1250. The molecule has 0 N–H and O–H groups in total. The van der Waals surface area contributed by atoms with E-state index in [1.54, 1.807) is 0 Å². The summed E-state index contributed by atoms with van der Waals surface area (Å²) in [5.41, 5.74) is 0. The van der Waals surface area contributed by atoms with Gasteiger partial charge in [0.2, 0.25) is 0 Å². The first kappa shape index (κ1) is 66.1.